The maximum Gasteiger partial charge on any atom is 0.339 e. The minimum Gasteiger partial charge on any atom is -0.507 e. The van der Waals surface area contributed by atoms with E-state index in [2.05, 4.69) is 5.32 Å². The van der Waals surface area contributed by atoms with E-state index in [0.29, 0.717) is 6.07 Å². The fourth-order valence-electron chi connectivity index (χ4n) is 2.87. The highest BCUT2D eigenvalue weighted by molar-refractivity contribution is 6.31. The number of hydrogen-bond donors (Lipinski definition) is 4. The number of aromatic carboxylic acids is 1. The second kappa shape index (κ2) is 8.46. The van der Waals surface area contributed by atoms with Gasteiger partial charge in [0.15, 0.2) is 0 Å². The molecule has 0 aromatic heterocycles. The zero-order chi connectivity index (χ0) is 22.0. The number of rotatable bonds is 6. The van der Waals surface area contributed by atoms with Crippen LogP contribution in [0.4, 0.5) is 18.9 Å². The maximum atomic E-state index is 14.6. The summed E-state index contributed by atoms with van der Waals surface area (Å²) in [6.07, 6.45) is 0. The van der Waals surface area contributed by atoms with Crippen LogP contribution in [0.15, 0.2) is 48.5 Å². The molecule has 0 unspecified atom stereocenters. The van der Waals surface area contributed by atoms with Crippen molar-refractivity contribution in [2.24, 2.45) is 0 Å². The molecule has 0 saturated carbocycles. The van der Waals surface area contributed by atoms with Crippen LogP contribution in [0.5, 0.6) is 5.75 Å². The molecule has 3 aromatic carbocycles. The molecule has 0 atom stereocenters. The fraction of sp³-hybridized carbons (Fsp3) is 0.0476. The molecular formula is C21H14ClF3N2O3. The summed E-state index contributed by atoms with van der Waals surface area (Å²) in [6.45, 7) is -0.138. The lowest BCUT2D eigenvalue weighted by molar-refractivity contribution is 0.0693. The maximum absolute atomic E-state index is 14.6. The minimum absolute atomic E-state index is 0.0560. The monoisotopic (exact) mass is 434 g/mol. The Balaban J connectivity index is 2.00. The molecule has 3 rings (SSSR count). The Morgan fingerprint density at radius 1 is 1.00 bits per heavy atom. The number of phenols is 1. The molecule has 5 nitrogen and oxygen atoms in total. The molecular weight excluding hydrogens is 421 g/mol. The van der Waals surface area contributed by atoms with E-state index in [0.717, 1.165) is 12.1 Å². The lowest BCUT2D eigenvalue weighted by Crippen LogP contribution is -2.13. The first-order valence-electron chi connectivity index (χ1n) is 8.51. The molecule has 0 heterocycles. The summed E-state index contributed by atoms with van der Waals surface area (Å²) >= 11 is 5.98. The van der Waals surface area contributed by atoms with E-state index in [1.807, 2.05) is 0 Å². The smallest absolute Gasteiger partial charge is 0.339 e. The number of anilines is 1. The van der Waals surface area contributed by atoms with Crippen molar-refractivity contribution < 1.29 is 28.2 Å². The second-order valence-electron chi connectivity index (χ2n) is 6.25. The van der Waals surface area contributed by atoms with E-state index >= 15 is 0 Å². The minimum atomic E-state index is -1.56. The number of carboxylic acids is 1. The summed E-state index contributed by atoms with van der Waals surface area (Å²) in [5.74, 6) is -4.90. The number of carbonyl (C=O) groups is 1. The predicted octanol–water partition coefficient (Wildman–Crippen LogP) is 5.19. The molecule has 9 heteroatoms. The number of carboxylic acid groups (broad SMARTS) is 1. The van der Waals surface area contributed by atoms with Crippen molar-refractivity contribution in [3.63, 3.8) is 0 Å². The van der Waals surface area contributed by atoms with E-state index in [1.165, 1.54) is 30.3 Å². The number of hydrogen-bond acceptors (Lipinski definition) is 4. The highest BCUT2D eigenvalue weighted by atomic mass is 35.5. The number of benzene rings is 3. The fourth-order valence-corrected chi connectivity index (χ4v) is 3.10. The van der Waals surface area contributed by atoms with Crippen LogP contribution in [0.25, 0.3) is 0 Å². The van der Waals surface area contributed by atoms with Crippen LogP contribution in [-0.2, 0) is 6.54 Å². The van der Waals surface area contributed by atoms with Gasteiger partial charge >= 0.3 is 5.97 Å². The average Bonchev–Trinajstić information content (AvgIpc) is 2.68. The highest BCUT2D eigenvalue weighted by Gasteiger charge is 2.22. The first-order valence-corrected chi connectivity index (χ1v) is 8.89. The predicted molar refractivity (Wildman–Crippen MR) is 106 cm³/mol. The zero-order valence-corrected chi connectivity index (χ0v) is 15.9. The molecule has 0 radical (unpaired) electrons. The van der Waals surface area contributed by atoms with Gasteiger partial charge in [-0.3, -0.25) is 5.41 Å². The van der Waals surface area contributed by atoms with Crippen molar-refractivity contribution >= 4 is 29.0 Å². The molecule has 154 valence electrons. The van der Waals surface area contributed by atoms with Gasteiger partial charge in [0, 0.05) is 28.4 Å². The van der Waals surface area contributed by atoms with Gasteiger partial charge in [-0.1, -0.05) is 23.7 Å². The second-order valence-corrected chi connectivity index (χ2v) is 6.65. The van der Waals surface area contributed by atoms with Gasteiger partial charge in [-0.05, 0) is 36.4 Å². The molecule has 4 N–H and O–H groups in total. The van der Waals surface area contributed by atoms with Gasteiger partial charge in [0.2, 0.25) is 0 Å². The van der Waals surface area contributed by atoms with Gasteiger partial charge in [0.05, 0.1) is 11.3 Å². The van der Waals surface area contributed by atoms with Crippen molar-refractivity contribution in [3.05, 3.63) is 93.3 Å². The van der Waals surface area contributed by atoms with Gasteiger partial charge in [-0.15, -0.1) is 0 Å². The Hall–Kier alpha value is -3.52. The zero-order valence-electron chi connectivity index (χ0n) is 15.1. The quantitative estimate of drug-likeness (QED) is 0.402. The molecule has 0 amide bonds. The lowest BCUT2D eigenvalue weighted by atomic mass is 9.97. The summed E-state index contributed by atoms with van der Waals surface area (Å²) in [7, 11) is 0. The summed E-state index contributed by atoms with van der Waals surface area (Å²) in [5.41, 5.74) is -2.00. The van der Waals surface area contributed by atoms with Crippen LogP contribution in [0, 0.1) is 22.9 Å². The molecule has 0 saturated heterocycles. The van der Waals surface area contributed by atoms with Gasteiger partial charge < -0.3 is 15.5 Å². The van der Waals surface area contributed by atoms with Crippen LogP contribution in [0.1, 0.15) is 27.0 Å². The van der Waals surface area contributed by atoms with Gasteiger partial charge in [-0.25, -0.2) is 18.0 Å². The molecule has 0 aliphatic carbocycles. The van der Waals surface area contributed by atoms with Crippen molar-refractivity contribution in [3.8, 4) is 5.75 Å². The summed E-state index contributed by atoms with van der Waals surface area (Å²) in [4.78, 5) is 11.0. The topological polar surface area (TPSA) is 93.4 Å². The summed E-state index contributed by atoms with van der Waals surface area (Å²) in [6, 6.07) is 9.22. The number of aromatic hydroxyl groups is 1. The van der Waals surface area contributed by atoms with E-state index in [4.69, 9.17) is 22.1 Å². The molecule has 0 bridgehead atoms. The molecule has 3 aromatic rings. The summed E-state index contributed by atoms with van der Waals surface area (Å²) < 4.78 is 43.0. The van der Waals surface area contributed by atoms with Crippen LogP contribution in [0.3, 0.4) is 0 Å². The van der Waals surface area contributed by atoms with Crippen molar-refractivity contribution in [2.45, 2.75) is 6.54 Å². The Labute approximate surface area is 173 Å². The van der Waals surface area contributed by atoms with E-state index < -0.39 is 46.0 Å². The molecule has 0 spiro atoms. The highest BCUT2D eigenvalue weighted by Crippen LogP contribution is 2.29. The van der Waals surface area contributed by atoms with E-state index in [1.54, 1.807) is 0 Å². The van der Waals surface area contributed by atoms with Crippen LogP contribution in [0.2, 0.25) is 5.02 Å². The van der Waals surface area contributed by atoms with Crippen LogP contribution >= 0.6 is 11.6 Å². The van der Waals surface area contributed by atoms with Crippen molar-refractivity contribution in [1.82, 2.24) is 0 Å². The Morgan fingerprint density at radius 2 is 1.67 bits per heavy atom. The van der Waals surface area contributed by atoms with Crippen LogP contribution in [-0.4, -0.2) is 21.9 Å². The first kappa shape index (κ1) is 21.2. The van der Waals surface area contributed by atoms with Gasteiger partial charge in [-0.2, -0.15) is 0 Å². The third kappa shape index (κ3) is 4.08. The first-order chi connectivity index (χ1) is 14.2. The summed E-state index contributed by atoms with van der Waals surface area (Å²) in [5, 5.41) is 30.0. The molecule has 0 aliphatic rings. The molecule has 30 heavy (non-hydrogen) atoms. The normalized spacial score (nSPS) is 10.7. The van der Waals surface area contributed by atoms with E-state index in [-0.39, 0.29) is 28.4 Å². The third-order valence-electron chi connectivity index (χ3n) is 4.37. The van der Waals surface area contributed by atoms with E-state index in [9.17, 15) is 23.1 Å². The Morgan fingerprint density at radius 3 is 2.33 bits per heavy atom. The number of halogens is 4. The largest absolute Gasteiger partial charge is 0.507 e. The van der Waals surface area contributed by atoms with Crippen molar-refractivity contribution in [1.29, 1.82) is 5.41 Å². The van der Waals surface area contributed by atoms with Gasteiger partial charge in [0.25, 0.3) is 0 Å². The molecule has 0 fully saturated rings. The van der Waals surface area contributed by atoms with Crippen molar-refractivity contribution in [2.75, 3.05) is 5.32 Å². The van der Waals surface area contributed by atoms with Crippen LogP contribution < -0.4 is 5.32 Å². The Kier molecular flexibility index (Phi) is 5.98. The average molecular weight is 435 g/mol. The van der Waals surface area contributed by atoms with Gasteiger partial charge in [0.1, 0.15) is 28.8 Å². The third-order valence-corrected chi connectivity index (χ3v) is 4.72. The molecule has 0 aliphatic heterocycles. The SMILES string of the molecule is N=C(c1cc(O)c(C(=O)O)cc1F)c1c(F)cccc1NCc1c(F)cccc1Cl. The standard InChI is InChI=1S/C21H14ClF3N2O3/c22-13-3-1-4-14(23)12(13)9-27-17-6-2-5-15(24)19(17)20(26)10-8-18(28)11(21(29)30)7-16(10)25/h1-8,26-28H,9H2,(H,29,30). The Bertz CT molecular complexity index is 1150. The lowest BCUT2D eigenvalue weighted by Gasteiger charge is -2.16. The number of nitrogens with one attached hydrogen (secondary N) is 2.